The normalized spacial score (nSPS) is 25.0. The quantitative estimate of drug-likeness (QED) is 0.515. The van der Waals surface area contributed by atoms with Crippen molar-refractivity contribution in [2.24, 2.45) is 11.0 Å². The van der Waals surface area contributed by atoms with Gasteiger partial charge in [0.1, 0.15) is 5.82 Å². The molecule has 1 N–H and O–H groups in total. The summed E-state index contributed by atoms with van der Waals surface area (Å²) < 4.78 is 12.8. The molecule has 1 aliphatic heterocycles. The van der Waals surface area contributed by atoms with Gasteiger partial charge in [0.2, 0.25) is 0 Å². The molecule has 0 radical (unpaired) electrons. The number of nitrogens with zero attached hydrogens (tertiary/aromatic N) is 4. The van der Waals surface area contributed by atoms with Crippen LogP contribution in [0.5, 0.6) is 0 Å². The van der Waals surface area contributed by atoms with Gasteiger partial charge in [0.15, 0.2) is 0 Å². The topological polar surface area (TPSA) is 72.2 Å². The number of hydrogen-bond donors (Lipinski definition) is 1. The fourth-order valence-corrected chi connectivity index (χ4v) is 2.45. The summed E-state index contributed by atoms with van der Waals surface area (Å²) in [7, 11) is 0. The van der Waals surface area contributed by atoms with Gasteiger partial charge in [-0.2, -0.15) is 0 Å². The van der Waals surface area contributed by atoms with Crippen molar-refractivity contribution in [3.8, 4) is 0 Å². The lowest BCUT2D eigenvalue weighted by Gasteiger charge is -2.20. The molecule has 1 aromatic rings. The number of azide groups is 1. The highest BCUT2D eigenvalue weighted by molar-refractivity contribution is 5.18. The molecule has 1 aliphatic rings. The Morgan fingerprint density at radius 3 is 2.79 bits per heavy atom. The standard InChI is InChI=1S/C13H17FN4O/c1-9-6-18(7-12(9)16-17-15)8-13(19)10-2-4-11(14)5-3-10/h2-5,9,12-13,19H,6-8H2,1H3/t9-,12-,13?/m1/s1. The molecule has 3 atom stereocenters. The largest absolute Gasteiger partial charge is 0.387 e. The summed E-state index contributed by atoms with van der Waals surface area (Å²) in [5.41, 5.74) is 9.17. The lowest BCUT2D eigenvalue weighted by Crippen LogP contribution is -2.27. The third-order valence-electron chi connectivity index (χ3n) is 3.53. The lowest BCUT2D eigenvalue weighted by atomic mass is 10.1. The third kappa shape index (κ3) is 3.44. The predicted molar refractivity (Wildman–Crippen MR) is 69.9 cm³/mol. The van der Waals surface area contributed by atoms with Crippen LogP contribution in [0, 0.1) is 11.7 Å². The Labute approximate surface area is 111 Å². The molecule has 1 unspecified atom stereocenters. The first-order valence-electron chi connectivity index (χ1n) is 6.30. The first kappa shape index (κ1) is 13.8. The fraction of sp³-hybridized carbons (Fsp3) is 0.538. The molecule has 19 heavy (non-hydrogen) atoms. The first-order chi connectivity index (χ1) is 9.10. The van der Waals surface area contributed by atoms with Gasteiger partial charge in [-0.25, -0.2) is 4.39 Å². The van der Waals surface area contributed by atoms with Gasteiger partial charge in [-0.1, -0.05) is 24.2 Å². The summed E-state index contributed by atoms with van der Waals surface area (Å²) in [5, 5.41) is 13.9. The highest BCUT2D eigenvalue weighted by Gasteiger charge is 2.29. The molecular formula is C13H17FN4O. The lowest BCUT2D eigenvalue weighted by molar-refractivity contribution is 0.124. The van der Waals surface area contributed by atoms with Crippen LogP contribution in [0.4, 0.5) is 4.39 Å². The van der Waals surface area contributed by atoms with E-state index in [1.54, 1.807) is 12.1 Å². The van der Waals surface area contributed by atoms with Crippen molar-refractivity contribution in [1.82, 2.24) is 4.90 Å². The highest BCUT2D eigenvalue weighted by Crippen LogP contribution is 2.23. The number of hydrogen-bond acceptors (Lipinski definition) is 3. The summed E-state index contributed by atoms with van der Waals surface area (Å²) in [6, 6.07) is 5.82. The summed E-state index contributed by atoms with van der Waals surface area (Å²) in [5.74, 6) is -0.0227. The number of halogens is 1. The van der Waals surface area contributed by atoms with Crippen LogP contribution in [-0.2, 0) is 0 Å². The molecule has 2 rings (SSSR count). The van der Waals surface area contributed by atoms with Gasteiger partial charge in [0, 0.05) is 24.5 Å². The van der Waals surface area contributed by atoms with E-state index < -0.39 is 6.10 Å². The smallest absolute Gasteiger partial charge is 0.123 e. The molecule has 0 aromatic heterocycles. The van der Waals surface area contributed by atoms with E-state index in [1.807, 2.05) is 6.92 Å². The molecule has 0 saturated carbocycles. The minimum atomic E-state index is -0.655. The molecule has 1 fully saturated rings. The Morgan fingerprint density at radius 2 is 2.16 bits per heavy atom. The molecule has 102 valence electrons. The Bertz CT molecular complexity index is 472. The maximum absolute atomic E-state index is 12.8. The van der Waals surface area contributed by atoms with Crippen molar-refractivity contribution in [3.63, 3.8) is 0 Å². The van der Waals surface area contributed by atoms with Crippen molar-refractivity contribution in [3.05, 3.63) is 46.1 Å². The number of aliphatic hydroxyl groups is 1. The molecule has 1 saturated heterocycles. The Hall–Kier alpha value is -1.62. The van der Waals surface area contributed by atoms with Crippen molar-refractivity contribution < 1.29 is 9.50 Å². The summed E-state index contributed by atoms with van der Waals surface area (Å²) in [4.78, 5) is 4.91. The maximum Gasteiger partial charge on any atom is 0.123 e. The molecule has 1 aromatic carbocycles. The van der Waals surface area contributed by atoms with Crippen LogP contribution in [0.3, 0.4) is 0 Å². The van der Waals surface area contributed by atoms with Gasteiger partial charge in [0.05, 0.1) is 12.1 Å². The summed E-state index contributed by atoms with van der Waals surface area (Å²) >= 11 is 0. The van der Waals surface area contributed by atoms with Gasteiger partial charge in [-0.05, 0) is 29.1 Å². The minimum absolute atomic E-state index is 0.0367. The van der Waals surface area contributed by atoms with E-state index in [-0.39, 0.29) is 17.8 Å². The molecule has 0 bridgehead atoms. The van der Waals surface area contributed by atoms with Crippen LogP contribution in [0.2, 0.25) is 0 Å². The van der Waals surface area contributed by atoms with Crippen LogP contribution in [0.15, 0.2) is 29.4 Å². The van der Waals surface area contributed by atoms with E-state index in [0.717, 1.165) is 6.54 Å². The van der Waals surface area contributed by atoms with Crippen LogP contribution in [0.25, 0.3) is 10.4 Å². The molecular weight excluding hydrogens is 247 g/mol. The van der Waals surface area contributed by atoms with Gasteiger partial charge in [-0.3, -0.25) is 4.90 Å². The summed E-state index contributed by atoms with van der Waals surface area (Å²) in [6.45, 7) is 3.95. The summed E-state index contributed by atoms with van der Waals surface area (Å²) in [6.07, 6.45) is -0.655. The van der Waals surface area contributed by atoms with Crippen LogP contribution in [-0.4, -0.2) is 35.7 Å². The zero-order valence-corrected chi connectivity index (χ0v) is 10.8. The molecule has 0 aliphatic carbocycles. The van der Waals surface area contributed by atoms with E-state index in [2.05, 4.69) is 14.9 Å². The molecule has 0 amide bonds. The SMILES string of the molecule is C[C@@H]1CN(CC(O)c2ccc(F)cc2)C[C@H]1N=[N+]=[N-]. The Kier molecular flexibility index (Phi) is 4.37. The molecule has 6 heteroatoms. The average Bonchev–Trinajstić information content (AvgIpc) is 2.71. The van der Waals surface area contributed by atoms with Gasteiger partial charge in [0.25, 0.3) is 0 Å². The van der Waals surface area contributed by atoms with E-state index >= 15 is 0 Å². The number of likely N-dealkylation sites (tertiary alicyclic amines) is 1. The zero-order chi connectivity index (χ0) is 13.8. The number of β-amino-alcohol motifs (C(OH)–C–C–N with tert-alkyl or cyclic N) is 1. The average molecular weight is 264 g/mol. The van der Waals surface area contributed by atoms with Crippen LogP contribution in [0.1, 0.15) is 18.6 Å². The van der Waals surface area contributed by atoms with Crippen molar-refractivity contribution >= 4 is 0 Å². The second-order valence-corrected chi connectivity index (χ2v) is 5.04. The number of rotatable bonds is 4. The number of benzene rings is 1. The molecule has 1 heterocycles. The van der Waals surface area contributed by atoms with Gasteiger partial charge >= 0.3 is 0 Å². The second kappa shape index (κ2) is 6.02. The monoisotopic (exact) mass is 264 g/mol. The van der Waals surface area contributed by atoms with Gasteiger partial charge < -0.3 is 5.11 Å². The maximum atomic E-state index is 12.8. The van der Waals surface area contributed by atoms with Crippen LogP contribution < -0.4 is 0 Å². The second-order valence-electron chi connectivity index (χ2n) is 5.04. The molecule has 0 spiro atoms. The van der Waals surface area contributed by atoms with Gasteiger partial charge in [-0.15, -0.1) is 0 Å². The first-order valence-corrected chi connectivity index (χ1v) is 6.30. The van der Waals surface area contributed by atoms with E-state index in [1.165, 1.54) is 12.1 Å². The molecule has 5 nitrogen and oxygen atoms in total. The fourth-order valence-electron chi connectivity index (χ4n) is 2.45. The third-order valence-corrected chi connectivity index (χ3v) is 3.53. The minimum Gasteiger partial charge on any atom is -0.387 e. The van der Waals surface area contributed by atoms with Crippen LogP contribution >= 0.6 is 0 Å². The van der Waals surface area contributed by atoms with Crippen molar-refractivity contribution in [1.29, 1.82) is 0 Å². The van der Waals surface area contributed by atoms with E-state index in [4.69, 9.17) is 5.53 Å². The zero-order valence-electron chi connectivity index (χ0n) is 10.8. The Balaban J connectivity index is 1.95. The van der Waals surface area contributed by atoms with E-state index in [0.29, 0.717) is 18.7 Å². The number of aliphatic hydroxyl groups excluding tert-OH is 1. The van der Waals surface area contributed by atoms with Crippen molar-refractivity contribution in [2.75, 3.05) is 19.6 Å². The highest BCUT2D eigenvalue weighted by atomic mass is 19.1. The van der Waals surface area contributed by atoms with E-state index in [9.17, 15) is 9.50 Å². The van der Waals surface area contributed by atoms with Crippen molar-refractivity contribution in [2.45, 2.75) is 19.1 Å². The predicted octanol–water partition coefficient (Wildman–Crippen LogP) is 2.49. The Morgan fingerprint density at radius 1 is 1.47 bits per heavy atom.